The highest BCUT2D eigenvalue weighted by atomic mass is 19.4. The van der Waals surface area contributed by atoms with Crippen LogP contribution in [0.5, 0.6) is 5.75 Å². The van der Waals surface area contributed by atoms with Crippen molar-refractivity contribution in [2.45, 2.75) is 38.8 Å². The van der Waals surface area contributed by atoms with Crippen molar-refractivity contribution in [2.75, 3.05) is 6.61 Å². The first-order valence-corrected chi connectivity index (χ1v) is 6.88. The molecule has 0 atom stereocenters. The third kappa shape index (κ3) is 3.68. The molecule has 3 nitrogen and oxygen atoms in total. The van der Waals surface area contributed by atoms with Gasteiger partial charge in [0.1, 0.15) is 5.75 Å². The van der Waals surface area contributed by atoms with Crippen LogP contribution in [0.1, 0.15) is 54.1 Å². The molecule has 0 heterocycles. The lowest BCUT2D eigenvalue weighted by Crippen LogP contribution is -2.18. The Labute approximate surface area is 121 Å². The van der Waals surface area contributed by atoms with E-state index in [1.165, 1.54) is 6.07 Å². The summed E-state index contributed by atoms with van der Waals surface area (Å²) in [6.45, 7) is 3.74. The number of ether oxygens (including phenoxy) is 1. The van der Waals surface area contributed by atoms with Crippen LogP contribution in [-0.4, -0.2) is 12.5 Å². The van der Waals surface area contributed by atoms with Gasteiger partial charge in [-0.25, -0.2) is 0 Å². The van der Waals surface area contributed by atoms with Gasteiger partial charge in [0.25, 0.3) is 5.91 Å². The predicted molar refractivity (Wildman–Crippen MR) is 72.3 cm³/mol. The maximum Gasteiger partial charge on any atom is 0.416 e. The average molecular weight is 301 g/mol. The Kier molecular flexibility index (Phi) is 4.16. The number of carbonyl (C=O) groups excluding carboxylic acids is 1. The second-order valence-electron chi connectivity index (χ2n) is 5.71. The van der Waals surface area contributed by atoms with Gasteiger partial charge in [-0.15, -0.1) is 0 Å². The van der Waals surface area contributed by atoms with Crippen molar-refractivity contribution in [3.05, 3.63) is 28.8 Å². The SMILES string of the molecule is CC(C)c1cc(OCC2CC2)c(C(N)=O)cc1C(F)(F)F. The van der Waals surface area contributed by atoms with Crippen LogP contribution in [0.25, 0.3) is 0 Å². The van der Waals surface area contributed by atoms with Gasteiger partial charge in [-0.2, -0.15) is 13.2 Å². The molecule has 0 saturated heterocycles. The standard InChI is InChI=1S/C15H18F3NO2/c1-8(2)10-6-13(21-7-9-3-4-9)11(14(19)20)5-12(10)15(16,17)18/h5-6,8-9H,3-4,7H2,1-2H3,(H2,19,20). The summed E-state index contributed by atoms with van der Waals surface area (Å²) in [5, 5.41) is 0. The van der Waals surface area contributed by atoms with Crippen LogP contribution in [0, 0.1) is 5.92 Å². The molecular weight excluding hydrogens is 283 g/mol. The summed E-state index contributed by atoms with van der Waals surface area (Å²) in [6, 6.07) is 2.11. The summed E-state index contributed by atoms with van der Waals surface area (Å²) in [7, 11) is 0. The summed E-state index contributed by atoms with van der Waals surface area (Å²) in [5.41, 5.74) is 4.25. The number of rotatable bonds is 5. The smallest absolute Gasteiger partial charge is 0.416 e. The summed E-state index contributed by atoms with van der Waals surface area (Å²) >= 11 is 0. The normalized spacial score (nSPS) is 15.3. The van der Waals surface area contributed by atoms with Crippen molar-refractivity contribution in [2.24, 2.45) is 11.7 Å². The largest absolute Gasteiger partial charge is 0.492 e. The van der Waals surface area contributed by atoms with Crippen molar-refractivity contribution >= 4 is 5.91 Å². The lowest BCUT2D eigenvalue weighted by molar-refractivity contribution is -0.138. The van der Waals surface area contributed by atoms with E-state index in [0.717, 1.165) is 18.9 Å². The zero-order valence-corrected chi connectivity index (χ0v) is 12.0. The fourth-order valence-electron chi connectivity index (χ4n) is 2.12. The summed E-state index contributed by atoms with van der Waals surface area (Å²) in [5.74, 6) is -0.685. The molecule has 0 unspecified atom stereocenters. The van der Waals surface area contributed by atoms with Crippen LogP contribution in [-0.2, 0) is 6.18 Å². The zero-order chi connectivity index (χ0) is 15.8. The first-order valence-electron chi connectivity index (χ1n) is 6.88. The monoisotopic (exact) mass is 301 g/mol. The molecule has 1 aliphatic rings. The van der Waals surface area contributed by atoms with Gasteiger partial charge >= 0.3 is 6.18 Å². The van der Waals surface area contributed by atoms with Crippen LogP contribution in [0.4, 0.5) is 13.2 Å². The Morgan fingerprint density at radius 3 is 2.43 bits per heavy atom. The van der Waals surface area contributed by atoms with Gasteiger partial charge in [0.05, 0.1) is 17.7 Å². The molecule has 1 amide bonds. The molecule has 6 heteroatoms. The van der Waals surface area contributed by atoms with E-state index in [1.807, 2.05) is 0 Å². The van der Waals surface area contributed by atoms with Crippen LogP contribution in [0.2, 0.25) is 0 Å². The number of hydrogen-bond donors (Lipinski definition) is 1. The van der Waals surface area contributed by atoms with E-state index in [1.54, 1.807) is 13.8 Å². The lowest BCUT2D eigenvalue weighted by atomic mass is 9.94. The maximum absolute atomic E-state index is 13.1. The zero-order valence-electron chi connectivity index (χ0n) is 12.0. The lowest BCUT2D eigenvalue weighted by Gasteiger charge is -2.19. The van der Waals surface area contributed by atoms with Gasteiger partial charge < -0.3 is 10.5 Å². The number of primary amides is 1. The number of amides is 1. The Balaban J connectivity index is 2.47. The van der Waals surface area contributed by atoms with E-state index in [2.05, 4.69) is 0 Å². The first-order chi connectivity index (χ1) is 9.70. The highest BCUT2D eigenvalue weighted by Crippen LogP contribution is 2.39. The second-order valence-corrected chi connectivity index (χ2v) is 5.71. The second kappa shape index (κ2) is 5.58. The van der Waals surface area contributed by atoms with E-state index in [4.69, 9.17) is 10.5 Å². The molecule has 1 aromatic rings. The van der Waals surface area contributed by atoms with Crippen LogP contribution in [0.15, 0.2) is 12.1 Å². The van der Waals surface area contributed by atoms with Crippen molar-refractivity contribution in [3.63, 3.8) is 0 Å². The minimum absolute atomic E-state index is 0.110. The first kappa shape index (κ1) is 15.7. The van der Waals surface area contributed by atoms with E-state index >= 15 is 0 Å². The van der Waals surface area contributed by atoms with E-state index < -0.39 is 17.6 Å². The number of nitrogens with two attached hydrogens (primary N) is 1. The summed E-state index contributed by atoms with van der Waals surface area (Å²) in [6.07, 6.45) is -2.44. The van der Waals surface area contributed by atoms with Gasteiger partial charge in [0.15, 0.2) is 0 Å². The molecule has 0 spiro atoms. The Morgan fingerprint density at radius 2 is 2.00 bits per heavy atom. The van der Waals surface area contributed by atoms with E-state index in [0.29, 0.717) is 12.5 Å². The summed E-state index contributed by atoms with van der Waals surface area (Å²) < 4.78 is 44.9. The van der Waals surface area contributed by atoms with E-state index in [-0.39, 0.29) is 22.8 Å². The predicted octanol–water partition coefficient (Wildman–Crippen LogP) is 3.72. The van der Waals surface area contributed by atoms with Crippen LogP contribution >= 0.6 is 0 Å². The molecule has 1 fully saturated rings. The molecule has 116 valence electrons. The molecule has 1 saturated carbocycles. The number of halogens is 3. The van der Waals surface area contributed by atoms with Crippen molar-refractivity contribution in [1.29, 1.82) is 0 Å². The quantitative estimate of drug-likeness (QED) is 0.901. The van der Waals surface area contributed by atoms with Gasteiger partial charge in [0.2, 0.25) is 0 Å². The van der Waals surface area contributed by atoms with Gasteiger partial charge in [-0.05, 0) is 42.4 Å². The molecular formula is C15H18F3NO2. The van der Waals surface area contributed by atoms with Gasteiger partial charge in [0, 0.05) is 0 Å². The van der Waals surface area contributed by atoms with Gasteiger partial charge in [-0.3, -0.25) is 4.79 Å². The molecule has 0 radical (unpaired) electrons. The molecule has 0 aliphatic heterocycles. The number of carbonyl (C=O) groups is 1. The molecule has 2 N–H and O–H groups in total. The third-order valence-corrected chi connectivity index (χ3v) is 3.52. The van der Waals surface area contributed by atoms with Crippen LogP contribution in [0.3, 0.4) is 0 Å². The maximum atomic E-state index is 13.1. The fourth-order valence-corrected chi connectivity index (χ4v) is 2.12. The highest BCUT2D eigenvalue weighted by Gasteiger charge is 2.36. The molecule has 1 aromatic carbocycles. The number of alkyl halides is 3. The molecule has 1 aliphatic carbocycles. The molecule has 21 heavy (non-hydrogen) atoms. The third-order valence-electron chi connectivity index (χ3n) is 3.52. The van der Waals surface area contributed by atoms with Crippen molar-refractivity contribution < 1.29 is 22.7 Å². The van der Waals surface area contributed by atoms with E-state index in [9.17, 15) is 18.0 Å². The average Bonchev–Trinajstić information content (AvgIpc) is 3.17. The highest BCUT2D eigenvalue weighted by molar-refractivity contribution is 5.96. The molecule has 2 rings (SSSR count). The molecule has 0 aromatic heterocycles. The number of benzene rings is 1. The van der Waals surface area contributed by atoms with Crippen LogP contribution < -0.4 is 10.5 Å². The molecule has 0 bridgehead atoms. The minimum atomic E-state index is -4.53. The topological polar surface area (TPSA) is 52.3 Å². The van der Waals surface area contributed by atoms with Crippen molar-refractivity contribution in [3.8, 4) is 5.75 Å². The fraction of sp³-hybridized carbons (Fsp3) is 0.533. The van der Waals surface area contributed by atoms with Gasteiger partial charge in [-0.1, -0.05) is 13.8 Å². The Morgan fingerprint density at radius 1 is 1.38 bits per heavy atom. The Hall–Kier alpha value is -1.72. The van der Waals surface area contributed by atoms with Crippen molar-refractivity contribution in [1.82, 2.24) is 0 Å². The Bertz CT molecular complexity index is 549. The summed E-state index contributed by atoms with van der Waals surface area (Å²) in [4.78, 5) is 11.4. The minimum Gasteiger partial charge on any atom is -0.492 e. The number of hydrogen-bond acceptors (Lipinski definition) is 2.